The summed E-state index contributed by atoms with van der Waals surface area (Å²) in [4.78, 5) is 12.9. The second kappa shape index (κ2) is 11.0. The Kier molecular flexibility index (Phi) is 8.00. The number of aromatic amines is 1. The zero-order valence-electron chi connectivity index (χ0n) is 21.4. The molecule has 1 aliphatic rings. The van der Waals surface area contributed by atoms with Crippen LogP contribution in [-0.2, 0) is 32.3 Å². The number of carbonyl (C=O) groups excluding carboxylic acids is 1. The molecule has 1 saturated heterocycles. The summed E-state index contributed by atoms with van der Waals surface area (Å²) in [5.74, 6) is -0.103. The first-order chi connectivity index (χ1) is 17.2. The van der Waals surface area contributed by atoms with E-state index in [0.717, 1.165) is 30.5 Å². The maximum atomic E-state index is 14.0. The van der Waals surface area contributed by atoms with Crippen LogP contribution in [0.5, 0.6) is 0 Å². The third kappa shape index (κ3) is 5.42. The summed E-state index contributed by atoms with van der Waals surface area (Å²) < 4.78 is 39.9. The largest absolute Gasteiger partial charge is 0.465 e. The highest BCUT2D eigenvalue weighted by Crippen LogP contribution is 2.32. The van der Waals surface area contributed by atoms with Crippen LogP contribution in [0, 0.1) is 11.8 Å². The van der Waals surface area contributed by atoms with Crippen LogP contribution in [0.25, 0.3) is 10.9 Å². The highest BCUT2D eigenvalue weighted by Gasteiger charge is 2.30. The van der Waals surface area contributed by atoms with Crippen molar-refractivity contribution in [3.63, 3.8) is 0 Å². The van der Waals surface area contributed by atoms with Gasteiger partial charge < -0.3 is 9.47 Å². The van der Waals surface area contributed by atoms with Crippen LogP contribution in [0.4, 0.5) is 5.69 Å². The third-order valence-electron chi connectivity index (χ3n) is 6.69. The van der Waals surface area contributed by atoms with Gasteiger partial charge in [0.25, 0.3) is 10.0 Å². The fourth-order valence-electron chi connectivity index (χ4n) is 4.69. The van der Waals surface area contributed by atoms with Crippen LogP contribution in [0.1, 0.15) is 55.2 Å². The number of hydrogen-bond donors (Lipinski definition) is 1. The number of esters is 1. The normalized spacial score (nSPS) is 14.9. The lowest BCUT2D eigenvalue weighted by Crippen LogP contribution is -2.34. The van der Waals surface area contributed by atoms with E-state index in [4.69, 9.17) is 9.47 Å². The molecule has 4 rings (SSSR count). The number of ether oxygens (including phenoxy) is 2. The van der Waals surface area contributed by atoms with Gasteiger partial charge in [-0.2, -0.15) is 5.10 Å². The van der Waals surface area contributed by atoms with E-state index in [-0.39, 0.29) is 16.4 Å². The van der Waals surface area contributed by atoms with Crippen LogP contribution >= 0.6 is 0 Å². The third-order valence-corrected chi connectivity index (χ3v) is 8.46. The van der Waals surface area contributed by atoms with Crippen molar-refractivity contribution in [2.45, 2.75) is 51.3 Å². The Bertz CT molecular complexity index is 1310. The maximum Gasteiger partial charge on any atom is 0.338 e. The molecule has 2 aromatic carbocycles. The molecule has 0 atom stereocenters. The Morgan fingerprint density at radius 2 is 1.89 bits per heavy atom. The molecule has 2 heterocycles. The van der Waals surface area contributed by atoms with Crippen molar-refractivity contribution in [1.29, 1.82) is 0 Å². The van der Waals surface area contributed by atoms with Crippen molar-refractivity contribution in [3.8, 4) is 0 Å². The van der Waals surface area contributed by atoms with E-state index in [1.165, 1.54) is 17.5 Å². The molecule has 1 N–H and O–H groups in total. The minimum absolute atomic E-state index is 0.0249. The quantitative estimate of drug-likeness (QED) is 0.415. The van der Waals surface area contributed by atoms with Crippen LogP contribution in [-0.4, -0.2) is 51.5 Å². The number of nitrogens with one attached hydrogen (secondary N) is 1. The minimum atomic E-state index is -3.98. The molecule has 1 aliphatic heterocycles. The zero-order chi connectivity index (χ0) is 25.9. The first-order valence-electron chi connectivity index (χ1n) is 12.5. The number of nitrogens with zero attached hydrogens (tertiary/aromatic N) is 2. The van der Waals surface area contributed by atoms with Gasteiger partial charge in [0.1, 0.15) is 0 Å². The van der Waals surface area contributed by atoms with Crippen molar-refractivity contribution in [2.24, 2.45) is 11.8 Å². The molecule has 0 amide bonds. The van der Waals surface area contributed by atoms with Crippen LogP contribution in [0.2, 0.25) is 0 Å². The average molecular weight is 514 g/mol. The first kappa shape index (κ1) is 26.2. The van der Waals surface area contributed by atoms with Gasteiger partial charge in [-0.25, -0.2) is 13.2 Å². The van der Waals surface area contributed by atoms with Crippen molar-refractivity contribution in [1.82, 2.24) is 10.2 Å². The zero-order valence-corrected chi connectivity index (χ0v) is 22.2. The molecule has 0 radical (unpaired) electrons. The summed E-state index contributed by atoms with van der Waals surface area (Å²) in [6, 6.07) is 10.6. The summed E-state index contributed by atoms with van der Waals surface area (Å²) in [7, 11) is -2.68. The fourth-order valence-corrected chi connectivity index (χ4v) is 6.37. The molecule has 8 nitrogen and oxygen atoms in total. The molecule has 9 heteroatoms. The predicted octanol–water partition coefficient (Wildman–Crippen LogP) is 4.73. The van der Waals surface area contributed by atoms with Gasteiger partial charge >= 0.3 is 5.97 Å². The Morgan fingerprint density at radius 1 is 1.19 bits per heavy atom. The van der Waals surface area contributed by atoms with Crippen LogP contribution < -0.4 is 4.31 Å². The van der Waals surface area contributed by atoms with E-state index >= 15 is 0 Å². The monoisotopic (exact) mass is 513 g/mol. The van der Waals surface area contributed by atoms with E-state index in [1.807, 2.05) is 38.1 Å². The highest BCUT2D eigenvalue weighted by atomic mass is 32.2. The summed E-state index contributed by atoms with van der Waals surface area (Å²) in [5, 5.41) is 8.07. The molecule has 0 unspecified atom stereocenters. The molecule has 0 saturated carbocycles. The van der Waals surface area contributed by atoms with E-state index in [2.05, 4.69) is 17.1 Å². The maximum absolute atomic E-state index is 14.0. The number of aryl methyl sites for hydroxylation is 1. The van der Waals surface area contributed by atoms with Gasteiger partial charge in [-0.3, -0.25) is 9.40 Å². The van der Waals surface area contributed by atoms with Crippen molar-refractivity contribution in [2.75, 3.05) is 31.2 Å². The van der Waals surface area contributed by atoms with Gasteiger partial charge in [-0.05, 0) is 67.3 Å². The number of aromatic nitrogens is 2. The van der Waals surface area contributed by atoms with Gasteiger partial charge in [0, 0.05) is 25.1 Å². The molecule has 36 heavy (non-hydrogen) atoms. The second-order valence-electron chi connectivity index (χ2n) is 9.77. The van der Waals surface area contributed by atoms with Gasteiger partial charge in [-0.1, -0.05) is 32.9 Å². The highest BCUT2D eigenvalue weighted by molar-refractivity contribution is 7.92. The van der Waals surface area contributed by atoms with Crippen LogP contribution in [0.15, 0.2) is 41.3 Å². The molecule has 0 spiro atoms. The smallest absolute Gasteiger partial charge is 0.338 e. The topological polar surface area (TPSA) is 102 Å². The van der Waals surface area contributed by atoms with Gasteiger partial charge in [0.15, 0.2) is 0 Å². The van der Waals surface area contributed by atoms with Gasteiger partial charge in [-0.15, -0.1) is 0 Å². The van der Waals surface area contributed by atoms with Crippen LogP contribution in [0.3, 0.4) is 0 Å². The van der Waals surface area contributed by atoms with E-state index in [9.17, 15) is 13.2 Å². The van der Waals surface area contributed by atoms with E-state index < -0.39 is 16.0 Å². The number of H-pyrrole nitrogens is 1. The number of sulfonamides is 1. The van der Waals surface area contributed by atoms with E-state index in [1.54, 1.807) is 6.07 Å². The number of carbonyl (C=O) groups is 1. The lowest BCUT2D eigenvalue weighted by Gasteiger charge is -2.27. The summed E-state index contributed by atoms with van der Waals surface area (Å²) in [6.07, 6.45) is 3.40. The summed E-state index contributed by atoms with van der Waals surface area (Å²) in [6.45, 7) is 7.74. The van der Waals surface area contributed by atoms with E-state index in [0.29, 0.717) is 48.7 Å². The molecule has 3 aromatic rings. The molecule has 0 bridgehead atoms. The Hall–Kier alpha value is -2.91. The molecular formula is C27H35N3O5S. The predicted molar refractivity (Wildman–Crippen MR) is 140 cm³/mol. The molecule has 1 aromatic heterocycles. The lowest BCUT2D eigenvalue weighted by atomic mass is 9.93. The number of methoxy groups -OCH3 is 1. The number of benzene rings is 2. The SMILES string of the molecule is CCc1ccc(N(CC(C)C)S(=O)(=O)c2cc(C(=O)OC)c3c(CC4CCOCC4)n[nH]c3c2)cc1. The first-order valence-corrected chi connectivity index (χ1v) is 14.0. The standard InChI is InChI=1S/C27H35N3O5S/c1-5-19-6-8-21(9-7-19)30(17-18(2)3)36(32,33)22-15-23(27(31)34-4)26-24(28-29-25(26)16-22)14-20-10-12-35-13-11-20/h6-9,15-16,18,20H,5,10-14,17H2,1-4H3,(H,28,29). The minimum Gasteiger partial charge on any atom is -0.465 e. The van der Waals surface area contributed by atoms with Gasteiger partial charge in [0.05, 0.1) is 34.5 Å². The molecule has 1 fully saturated rings. The summed E-state index contributed by atoms with van der Waals surface area (Å²) in [5.41, 5.74) is 3.17. The number of anilines is 1. The second-order valence-corrected chi connectivity index (χ2v) is 11.6. The average Bonchev–Trinajstić information content (AvgIpc) is 3.29. The van der Waals surface area contributed by atoms with Crippen molar-refractivity contribution in [3.05, 3.63) is 53.2 Å². The number of hydrogen-bond acceptors (Lipinski definition) is 6. The summed E-state index contributed by atoms with van der Waals surface area (Å²) >= 11 is 0. The van der Waals surface area contributed by atoms with Gasteiger partial charge in [0.2, 0.25) is 0 Å². The van der Waals surface area contributed by atoms with Crippen molar-refractivity contribution >= 4 is 32.6 Å². The van der Waals surface area contributed by atoms with Crippen molar-refractivity contribution < 1.29 is 22.7 Å². The fraction of sp³-hybridized carbons (Fsp3) is 0.481. The number of rotatable bonds is 9. The lowest BCUT2D eigenvalue weighted by molar-refractivity contribution is 0.0601. The number of fused-ring (bicyclic) bond motifs is 1. The Balaban J connectivity index is 1.80. The molecule has 194 valence electrons. The molecule has 0 aliphatic carbocycles. The Labute approximate surface area is 213 Å². The molecular weight excluding hydrogens is 478 g/mol. The Morgan fingerprint density at radius 3 is 2.50 bits per heavy atom.